The number of para-hydroxylation sites is 1. The van der Waals surface area contributed by atoms with Crippen molar-refractivity contribution in [2.24, 2.45) is 0 Å². The van der Waals surface area contributed by atoms with Crippen LogP contribution in [0.3, 0.4) is 0 Å². The molecule has 0 spiro atoms. The van der Waals surface area contributed by atoms with Gasteiger partial charge in [-0.25, -0.2) is 8.42 Å². The Labute approximate surface area is 191 Å². The van der Waals surface area contributed by atoms with E-state index in [-0.39, 0.29) is 26.2 Å². The van der Waals surface area contributed by atoms with Gasteiger partial charge >= 0.3 is 0 Å². The van der Waals surface area contributed by atoms with Crippen molar-refractivity contribution in [1.29, 1.82) is 0 Å². The molecule has 9 heteroatoms. The fourth-order valence-electron chi connectivity index (χ4n) is 3.06. The maximum absolute atomic E-state index is 13.2. The van der Waals surface area contributed by atoms with Gasteiger partial charge in [0.1, 0.15) is 0 Å². The van der Waals surface area contributed by atoms with Crippen LogP contribution in [0.15, 0.2) is 65.6 Å². The van der Waals surface area contributed by atoms with Crippen molar-refractivity contribution >= 4 is 56.2 Å². The maximum atomic E-state index is 13.2. The van der Waals surface area contributed by atoms with Gasteiger partial charge in [0, 0.05) is 18.3 Å². The van der Waals surface area contributed by atoms with E-state index in [1.54, 1.807) is 12.1 Å². The third-order valence-corrected chi connectivity index (χ3v) is 7.20. The van der Waals surface area contributed by atoms with Crippen LogP contribution in [-0.2, 0) is 16.4 Å². The third-order valence-electron chi connectivity index (χ3n) is 4.80. The number of nitrogens with one attached hydrogen (secondary N) is 1. The molecule has 3 rings (SSSR count). The molecule has 0 aliphatic rings. The van der Waals surface area contributed by atoms with Crippen LogP contribution in [0.1, 0.15) is 22.8 Å². The van der Waals surface area contributed by atoms with Gasteiger partial charge in [-0.2, -0.15) is 0 Å². The first kappa shape index (κ1) is 22.9. The second kappa shape index (κ2) is 9.18. The van der Waals surface area contributed by atoms with Crippen molar-refractivity contribution in [3.05, 3.63) is 81.8 Å². The zero-order chi connectivity index (χ0) is 22.8. The van der Waals surface area contributed by atoms with E-state index < -0.39 is 15.9 Å². The number of sulfonamides is 1. The normalized spacial score (nSPS) is 11.2. The van der Waals surface area contributed by atoms with Crippen LogP contribution in [0.25, 0.3) is 0 Å². The zero-order valence-electron chi connectivity index (χ0n) is 16.9. The van der Waals surface area contributed by atoms with Crippen molar-refractivity contribution in [3.8, 4) is 0 Å². The molecule has 0 heterocycles. The first-order chi connectivity index (χ1) is 14.6. The maximum Gasteiger partial charge on any atom is 0.264 e. The molecule has 1 amide bonds. The summed E-state index contributed by atoms with van der Waals surface area (Å²) in [5.74, 6) is -0.509. The van der Waals surface area contributed by atoms with E-state index in [1.807, 2.05) is 19.1 Å². The number of rotatable bonds is 6. The number of halogens is 2. The van der Waals surface area contributed by atoms with E-state index >= 15 is 0 Å². The lowest BCUT2D eigenvalue weighted by molar-refractivity contribution is 0.102. The minimum atomic E-state index is -3.88. The van der Waals surface area contributed by atoms with E-state index in [2.05, 4.69) is 5.32 Å². The molecule has 6 nitrogen and oxygen atoms in total. The Morgan fingerprint density at radius 1 is 1.03 bits per heavy atom. The van der Waals surface area contributed by atoms with Gasteiger partial charge in [0.25, 0.3) is 15.9 Å². The summed E-state index contributed by atoms with van der Waals surface area (Å²) in [7, 11) is -2.38. The molecular weight excluding hydrogens is 457 g/mol. The largest absolute Gasteiger partial charge is 0.396 e. The lowest BCUT2D eigenvalue weighted by atomic mass is 10.1. The molecule has 0 saturated heterocycles. The second-order valence-corrected chi connectivity index (χ2v) is 9.57. The standard InChI is InChI=1S/C22H21Cl2N3O3S/c1-3-14-7-4-5-10-20(14)27(2)31(29,30)17-9-6-8-15(11-17)22(28)26-16-12-18(23)21(25)19(24)13-16/h4-13H,3,25H2,1-2H3,(H,26,28). The summed E-state index contributed by atoms with van der Waals surface area (Å²) in [6.07, 6.45) is 0.686. The van der Waals surface area contributed by atoms with Crippen LogP contribution in [0.4, 0.5) is 17.1 Å². The molecule has 3 aromatic carbocycles. The molecule has 0 aliphatic heterocycles. The lowest BCUT2D eigenvalue weighted by Crippen LogP contribution is -2.27. The Bertz CT molecular complexity index is 1220. The number of amides is 1. The Hall–Kier alpha value is -2.74. The SMILES string of the molecule is CCc1ccccc1N(C)S(=O)(=O)c1cccc(C(=O)Nc2cc(Cl)c(N)c(Cl)c2)c1. The van der Waals surface area contributed by atoms with Crippen molar-refractivity contribution in [1.82, 2.24) is 0 Å². The molecule has 0 aliphatic carbocycles. The van der Waals surface area contributed by atoms with E-state index in [4.69, 9.17) is 28.9 Å². The van der Waals surface area contributed by atoms with Gasteiger partial charge in [-0.05, 0) is 48.4 Å². The quantitative estimate of drug-likeness (QED) is 0.476. The number of aryl methyl sites for hydroxylation is 1. The van der Waals surface area contributed by atoms with Crippen LogP contribution in [0, 0.1) is 0 Å². The minimum absolute atomic E-state index is 0.00178. The summed E-state index contributed by atoms with van der Waals surface area (Å²) in [5, 5.41) is 3.06. The van der Waals surface area contributed by atoms with Crippen LogP contribution >= 0.6 is 23.2 Å². The monoisotopic (exact) mass is 477 g/mol. The number of carbonyl (C=O) groups excluding carboxylic acids is 1. The van der Waals surface area contributed by atoms with E-state index in [0.29, 0.717) is 17.8 Å². The van der Waals surface area contributed by atoms with Crippen LogP contribution < -0.4 is 15.4 Å². The first-order valence-corrected chi connectivity index (χ1v) is 11.6. The lowest BCUT2D eigenvalue weighted by Gasteiger charge is -2.22. The summed E-state index contributed by atoms with van der Waals surface area (Å²) in [6.45, 7) is 1.96. The Morgan fingerprint density at radius 2 is 1.68 bits per heavy atom. The average Bonchev–Trinajstić information content (AvgIpc) is 2.76. The molecule has 31 heavy (non-hydrogen) atoms. The Morgan fingerprint density at radius 3 is 2.32 bits per heavy atom. The highest BCUT2D eigenvalue weighted by Gasteiger charge is 2.24. The number of hydrogen-bond donors (Lipinski definition) is 2. The van der Waals surface area contributed by atoms with Gasteiger partial charge in [-0.15, -0.1) is 0 Å². The third kappa shape index (κ3) is 4.79. The molecule has 0 radical (unpaired) electrons. The molecule has 0 atom stereocenters. The second-order valence-electron chi connectivity index (χ2n) is 6.79. The van der Waals surface area contributed by atoms with Crippen molar-refractivity contribution in [3.63, 3.8) is 0 Å². The van der Waals surface area contributed by atoms with Gasteiger partial charge in [0.2, 0.25) is 0 Å². The number of benzene rings is 3. The fraction of sp³-hybridized carbons (Fsp3) is 0.136. The van der Waals surface area contributed by atoms with Crippen molar-refractivity contribution < 1.29 is 13.2 Å². The van der Waals surface area contributed by atoms with Crippen molar-refractivity contribution in [2.75, 3.05) is 22.4 Å². The Balaban J connectivity index is 1.91. The molecule has 0 unspecified atom stereocenters. The smallest absolute Gasteiger partial charge is 0.264 e. The zero-order valence-corrected chi connectivity index (χ0v) is 19.2. The number of carbonyl (C=O) groups is 1. The molecule has 0 fully saturated rings. The molecule has 3 aromatic rings. The van der Waals surface area contributed by atoms with Gasteiger partial charge in [0.15, 0.2) is 0 Å². The molecule has 0 saturated carbocycles. The Kier molecular flexibility index (Phi) is 6.79. The predicted molar refractivity (Wildman–Crippen MR) is 127 cm³/mol. The minimum Gasteiger partial charge on any atom is -0.396 e. The van der Waals surface area contributed by atoms with Crippen LogP contribution in [0.2, 0.25) is 10.0 Å². The van der Waals surface area contributed by atoms with Crippen molar-refractivity contribution in [2.45, 2.75) is 18.2 Å². The first-order valence-electron chi connectivity index (χ1n) is 9.38. The van der Waals surface area contributed by atoms with E-state index in [1.165, 1.54) is 47.8 Å². The molecule has 0 bridgehead atoms. The fourth-order valence-corrected chi connectivity index (χ4v) is 4.83. The van der Waals surface area contributed by atoms with Gasteiger partial charge in [-0.1, -0.05) is 54.4 Å². The molecular formula is C22H21Cl2N3O3S. The molecule has 3 N–H and O–H groups in total. The van der Waals surface area contributed by atoms with Gasteiger partial charge in [-0.3, -0.25) is 9.10 Å². The number of hydrogen-bond acceptors (Lipinski definition) is 4. The summed E-state index contributed by atoms with van der Waals surface area (Å²) < 4.78 is 27.6. The van der Waals surface area contributed by atoms with E-state index in [0.717, 1.165) is 5.56 Å². The number of nitrogens with zero attached hydrogens (tertiary/aromatic N) is 1. The highest BCUT2D eigenvalue weighted by atomic mass is 35.5. The summed E-state index contributed by atoms with van der Waals surface area (Å²) in [6, 6.07) is 16.0. The molecule has 162 valence electrons. The summed E-state index contributed by atoms with van der Waals surface area (Å²) in [4.78, 5) is 12.7. The van der Waals surface area contributed by atoms with Crippen LogP contribution in [-0.4, -0.2) is 21.4 Å². The number of nitrogens with two attached hydrogens (primary N) is 1. The van der Waals surface area contributed by atoms with Gasteiger partial charge < -0.3 is 11.1 Å². The topological polar surface area (TPSA) is 92.5 Å². The van der Waals surface area contributed by atoms with Gasteiger partial charge in [0.05, 0.1) is 26.3 Å². The predicted octanol–water partition coefficient (Wildman–Crippen LogP) is 5.22. The number of nitrogen functional groups attached to an aromatic ring is 1. The summed E-state index contributed by atoms with van der Waals surface area (Å²) >= 11 is 12.0. The molecule has 0 aromatic heterocycles. The highest BCUT2D eigenvalue weighted by molar-refractivity contribution is 7.92. The summed E-state index contributed by atoms with van der Waals surface area (Å²) in [5.41, 5.74) is 7.93. The highest BCUT2D eigenvalue weighted by Crippen LogP contribution is 2.31. The average molecular weight is 478 g/mol. The van der Waals surface area contributed by atoms with Crippen LogP contribution in [0.5, 0.6) is 0 Å². The van der Waals surface area contributed by atoms with E-state index in [9.17, 15) is 13.2 Å². The number of anilines is 3.